The van der Waals surface area contributed by atoms with Crippen molar-refractivity contribution < 1.29 is 14.4 Å². The predicted molar refractivity (Wildman–Crippen MR) is 135 cm³/mol. The third-order valence-electron chi connectivity index (χ3n) is 7.54. The monoisotopic (exact) mass is 488 g/mol. The van der Waals surface area contributed by atoms with Gasteiger partial charge in [-0.1, -0.05) is 26.3 Å². The van der Waals surface area contributed by atoms with Crippen LogP contribution in [0.15, 0.2) is 30.6 Å². The Kier molecular flexibility index (Phi) is 6.10. The highest BCUT2D eigenvalue weighted by atomic mass is 16.2. The SMILES string of the molecule is CCCCNC(=O)[C@@H]1C[C@@]2(C)C[C@H]2N1C(=O)Cn1nc(C(C)=O)c2cc(-c3cnc(C)nc3)ccc21. The molecule has 1 saturated carbocycles. The summed E-state index contributed by atoms with van der Waals surface area (Å²) >= 11 is 0. The van der Waals surface area contributed by atoms with Gasteiger partial charge in [0.15, 0.2) is 5.78 Å². The van der Waals surface area contributed by atoms with Crippen molar-refractivity contribution in [2.75, 3.05) is 6.54 Å². The lowest BCUT2D eigenvalue weighted by Crippen LogP contribution is -2.49. The van der Waals surface area contributed by atoms with Gasteiger partial charge in [0.2, 0.25) is 11.8 Å². The molecule has 188 valence electrons. The van der Waals surface area contributed by atoms with E-state index in [0.717, 1.165) is 30.4 Å². The van der Waals surface area contributed by atoms with Gasteiger partial charge in [0.1, 0.15) is 24.1 Å². The van der Waals surface area contributed by atoms with Crippen LogP contribution >= 0.6 is 0 Å². The molecule has 0 spiro atoms. The molecule has 1 N–H and O–H groups in total. The number of likely N-dealkylation sites (tertiary alicyclic amines) is 1. The molecular formula is C27H32N6O3. The molecule has 1 aliphatic carbocycles. The number of nitrogens with zero attached hydrogens (tertiary/aromatic N) is 5. The van der Waals surface area contributed by atoms with Gasteiger partial charge in [-0.05, 0) is 49.3 Å². The van der Waals surface area contributed by atoms with Crippen LogP contribution in [0.25, 0.3) is 22.0 Å². The average Bonchev–Trinajstić information content (AvgIpc) is 3.22. The van der Waals surface area contributed by atoms with Crippen molar-refractivity contribution >= 4 is 28.5 Å². The molecule has 5 rings (SSSR count). The zero-order chi connectivity index (χ0) is 25.6. The van der Waals surface area contributed by atoms with E-state index in [1.165, 1.54) is 6.92 Å². The van der Waals surface area contributed by atoms with Crippen LogP contribution in [0.3, 0.4) is 0 Å². The van der Waals surface area contributed by atoms with Crippen molar-refractivity contribution in [2.45, 2.75) is 72.0 Å². The number of hydrogen-bond acceptors (Lipinski definition) is 6. The molecule has 2 aliphatic rings. The van der Waals surface area contributed by atoms with Gasteiger partial charge in [-0.3, -0.25) is 19.1 Å². The number of amides is 2. The van der Waals surface area contributed by atoms with Gasteiger partial charge in [0.05, 0.1) is 5.52 Å². The lowest BCUT2D eigenvalue weighted by molar-refractivity contribution is -0.140. The molecule has 2 amide bonds. The van der Waals surface area contributed by atoms with Crippen molar-refractivity contribution in [3.05, 3.63) is 42.1 Å². The minimum absolute atomic E-state index is 0.00413. The molecule has 3 atom stereocenters. The first-order valence-electron chi connectivity index (χ1n) is 12.6. The summed E-state index contributed by atoms with van der Waals surface area (Å²) < 4.78 is 1.59. The van der Waals surface area contributed by atoms with Crippen molar-refractivity contribution in [2.24, 2.45) is 5.41 Å². The number of aromatic nitrogens is 4. The summed E-state index contributed by atoms with van der Waals surface area (Å²) in [7, 11) is 0. The van der Waals surface area contributed by atoms with Crippen LogP contribution in [0, 0.1) is 12.3 Å². The molecule has 3 heterocycles. The molecule has 2 fully saturated rings. The summed E-state index contributed by atoms with van der Waals surface area (Å²) in [5.41, 5.74) is 2.73. The summed E-state index contributed by atoms with van der Waals surface area (Å²) in [6, 6.07) is 5.30. The molecule has 9 heteroatoms. The Bertz CT molecular complexity index is 1350. The number of nitrogens with one attached hydrogen (secondary N) is 1. The third kappa shape index (κ3) is 4.27. The van der Waals surface area contributed by atoms with Crippen LogP contribution in [-0.2, 0) is 16.1 Å². The van der Waals surface area contributed by atoms with Crippen molar-refractivity contribution in [3.63, 3.8) is 0 Å². The van der Waals surface area contributed by atoms with Gasteiger partial charge in [0, 0.05) is 42.9 Å². The summed E-state index contributed by atoms with van der Waals surface area (Å²) in [5, 5.41) is 8.20. The highest BCUT2D eigenvalue weighted by Crippen LogP contribution is 2.59. The van der Waals surface area contributed by atoms with Crippen molar-refractivity contribution in [1.29, 1.82) is 0 Å². The average molecular weight is 489 g/mol. The number of carbonyl (C=O) groups is 3. The van der Waals surface area contributed by atoms with E-state index in [1.807, 2.05) is 25.1 Å². The molecule has 36 heavy (non-hydrogen) atoms. The van der Waals surface area contributed by atoms with Gasteiger partial charge < -0.3 is 10.2 Å². The van der Waals surface area contributed by atoms with Gasteiger partial charge in [-0.2, -0.15) is 5.10 Å². The fourth-order valence-electron chi connectivity index (χ4n) is 5.36. The number of rotatable bonds is 8. The Morgan fingerprint density at radius 3 is 2.58 bits per heavy atom. The number of fused-ring (bicyclic) bond motifs is 2. The topological polar surface area (TPSA) is 110 Å². The third-order valence-corrected chi connectivity index (χ3v) is 7.54. The standard InChI is InChI=1S/C27H32N6O3/c1-5-6-9-28-26(36)22-11-27(4)12-23(27)33(22)24(35)15-32-21-8-7-18(19-13-29-17(3)30-14-19)10-20(21)25(31-32)16(2)34/h7-8,10,13-14,22-23H,5-6,9,11-12,15H2,1-4H3,(H,28,36)/t22-,23+,27-/m0/s1. The Balaban J connectivity index is 1.43. The van der Waals surface area contributed by atoms with E-state index in [-0.39, 0.29) is 35.6 Å². The summed E-state index contributed by atoms with van der Waals surface area (Å²) in [6.07, 6.45) is 7.00. The first-order valence-corrected chi connectivity index (χ1v) is 12.6. The molecule has 0 radical (unpaired) electrons. The second-order valence-electron chi connectivity index (χ2n) is 10.4. The Hall–Kier alpha value is -3.62. The first kappa shape index (κ1) is 24.1. The van der Waals surface area contributed by atoms with Gasteiger partial charge >= 0.3 is 0 Å². The second-order valence-corrected chi connectivity index (χ2v) is 10.4. The van der Waals surface area contributed by atoms with E-state index in [4.69, 9.17) is 0 Å². The number of unbranched alkanes of at least 4 members (excludes halogenated alkanes) is 1. The number of hydrogen-bond donors (Lipinski definition) is 1. The fraction of sp³-hybridized carbons (Fsp3) is 0.481. The van der Waals surface area contributed by atoms with Crippen molar-refractivity contribution in [3.8, 4) is 11.1 Å². The highest BCUT2D eigenvalue weighted by Gasteiger charge is 2.64. The molecular weight excluding hydrogens is 456 g/mol. The second kappa shape index (κ2) is 9.11. The lowest BCUT2D eigenvalue weighted by Gasteiger charge is -2.27. The lowest BCUT2D eigenvalue weighted by atomic mass is 10.0. The molecule has 2 aromatic heterocycles. The quantitative estimate of drug-likeness (QED) is 0.385. The van der Waals surface area contributed by atoms with E-state index in [0.29, 0.717) is 35.4 Å². The van der Waals surface area contributed by atoms with Crippen molar-refractivity contribution in [1.82, 2.24) is 30.0 Å². The van der Waals surface area contributed by atoms with Crippen LogP contribution in [0.1, 0.15) is 62.8 Å². The normalized spacial score (nSPS) is 22.5. The van der Waals surface area contributed by atoms with Crippen LogP contribution in [0.5, 0.6) is 0 Å². The van der Waals surface area contributed by atoms with E-state index >= 15 is 0 Å². The van der Waals surface area contributed by atoms with Crippen LogP contribution in [0.2, 0.25) is 0 Å². The van der Waals surface area contributed by atoms with Gasteiger partial charge in [-0.25, -0.2) is 9.97 Å². The van der Waals surface area contributed by atoms with Crippen LogP contribution in [0.4, 0.5) is 0 Å². The molecule has 3 aromatic rings. The summed E-state index contributed by atoms with van der Waals surface area (Å²) in [6.45, 7) is 8.12. The number of ketones is 1. The fourth-order valence-corrected chi connectivity index (χ4v) is 5.36. The highest BCUT2D eigenvalue weighted by molar-refractivity contribution is 6.06. The molecule has 9 nitrogen and oxygen atoms in total. The van der Waals surface area contributed by atoms with Gasteiger partial charge in [-0.15, -0.1) is 0 Å². The van der Waals surface area contributed by atoms with Crippen LogP contribution < -0.4 is 5.32 Å². The van der Waals surface area contributed by atoms with E-state index < -0.39 is 6.04 Å². The van der Waals surface area contributed by atoms with E-state index in [2.05, 4.69) is 34.2 Å². The zero-order valence-electron chi connectivity index (χ0n) is 21.2. The Labute approximate surface area is 210 Å². The first-order chi connectivity index (χ1) is 17.2. The maximum Gasteiger partial charge on any atom is 0.245 e. The van der Waals surface area contributed by atoms with E-state index in [9.17, 15) is 14.4 Å². The molecule has 1 aromatic carbocycles. The number of piperidine rings is 1. The van der Waals surface area contributed by atoms with Gasteiger partial charge in [0.25, 0.3) is 0 Å². The minimum Gasteiger partial charge on any atom is -0.354 e. The minimum atomic E-state index is -0.458. The summed E-state index contributed by atoms with van der Waals surface area (Å²) in [5.74, 6) is 0.284. The predicted octanol–water partition coefficient (Wildman–Crippen LogP) is 3.30. The molecule has 0 unspecified atom stereocenters. The molecule has 1 saturated heterocycles. The zero-order valence-corrected chi connectivity index (χ0v) is 21.2. The number of aryl methyl sites for hydroxylation is 1. The maximum atomic E-state index is 13.6. The maximum absolute atomic E-state index is 13.6. The number of Topliss-reactive ketones (excluding diaryl/α,β-unsaturated/α-hetero) is 1. The largest absolute Gasteiger partial charge is 0.354 e. The summed E-state index contributed by atoms with van der Waals surface area (Å²) in [4.78, 5) is 49.2. The smallest absolute Gasteiger partial charge is 0.245 e. The Morgan fingerprint density at radius 2 is 1.89 bits per heavy atom. The van der Waals surface area contributed by atoms with E-state index in [1.54, 1.807) is 22.0 Å². The Morgan fingerprint density at radius 1 is 1.14 bits per heavy atom. The number of benzene rings is 1. The number of carbonyl (C=O) groups excluding carboxylic acids is 3. The molecule has 0 bridgehead atoms. The molecule has 1 aliphatic heterocycles. The van der Waals surface area contributed by atoms with Crippen LogP contribution in [-0.4, -0.2) is 60.9 Å².